The highest BCUT2D eigenvalue weighted by atomic mass is 31.2. The van der Waals surface area contributed by atoms with Crippen molar-refractivity contribution in [3.8, 4) is 5.75 Å². The number of allylic oxidation sites excluding steroid dienone is 4. The van der Waals surface area contributed by atoms with Crippen LogP contribution in [0, 0.1) is 10.1 Å². The molecule has 0 amide bonds. The molecule has 0 bridgehead atoms. The van der Waals surface area contributed by atoms with Gasteiger partial charge in [0, 0.05) is 30.8 Å². The summed E-state index contributed by atoms with van der Waals surface area (Å²) in [6.45, 7) is 6.66. The lowest BCUT2D eigenvalue weighted by Crippen LogP contribution is -2.12. The maximum absolute atomic E-state index is 12.6. The van der Waals surface area contributed by atoms with Crippen molar-refractivity contribution in [3.05, 3.63) is 70.3 Å². The van der Waals surface area contributed by atoms with Crippen molar-refractivity contribution < 1.29 is 23.3 Å². The molecule has 1 aromatic carbocycles. The zero-order valence-electron chi connectivity index (χ0n) is 14.6. The molecule has 0 spiro atoms. The van der Waals surface area contributed by atoms with Crippen molar-refractivity contribution >= 4 is 19.1 Å². The quantitative estimate of drug-likeness (QED) is 0.284. The Bertz CT molecular complexity index is 825. The van der Waals surface area contributed by atoms with Crippen LogP contribution < -0.4 is 4.52 Å². The number of rotatable bonds is 8. The zero-order chi connectivity index (χ0) is 19.3. The standard InChI is InChI=1S/C18H20NO6P/c1-4-5-6-7-16-13(2)18(12-17(16)20)25-26(3,23)24-15-10-8-14(9-11-15)19(21)22/h4-6,8-11,18H,1,7,12H2,2-3H3/b6-5-/t18-,26?/m0/s1. The third-order valence-electron chi connectivity index (χ3n) is 3.90. The molecule has 0 aromatic heterocycles. The van der Waals surface area contributed by atoms with Gasteiger partial charge in [0.25, 0.3) is 5.69 Å². The summed E-state index contributed by atoms with van der Waals surface area (Å²) in [6, 6.07) is 5.21. The number of non-ortho nitro benzene ring substituents is 1. The molecule has 1 aromatic rings. The maximum Gasteiger partial charge on any atom is 0.376 e. The predicted molar refractivity (Wildman–Crippen MR) is 98.4 cm³/mol. The monoisotopic (exact) mass is 377 g/mol. The molecule has 0 saturated heterocycles. The number of hydrogen-bond donors (Lipinski definition) is 0. The van der Waals surface area contributed by atoms with Crippen molar-refractivity contribution in [1.82, 2.24) is 0 Å². The second-order valence-electron chi connectivity index (χ2n) is 5.86. The number of Topliss-reactive ketones (excluding diaryl/α,β-unsaturated/α-hetero) is 1. The molecule has 0 fully saturated rings. The number of benzene rings is 1. The molecule has 0 saturated carbocycles. The molecule has 138 valence electrons. The SMILES string of the molecule is C=C/C=C\CC1=C(C)[C@@H](OP(C)(=O)Oc2ccc([N+](=O)[O-])cc2)CC1=O. The van der Waals surface area contributed by atoms with Crippen molar-refractivity contribution in [2.75, 3.05) is 6.66 Å². The van der Waals surface area contributed by atoms with Gasteiger partial charge in [-0.05, 0) is 31.1 Å². The topological polar surface area (TPSA) is 95.7 Å². The highest BCUT2D eigenvalue weighted by Crippen LogP contribution is 2.48. The highest BCUT2D eigenvalue weighted by molar-refractivity contribution is 7.53. The average molecular weight is 377 g/mol. The molecule has 2 atom stereocenters. The molecule has 1 unspecified atom stereocenters. The zero-order valence-corrected chi connectivity index (χ0v) is 15.5. The van der Waals surface area contributed by atoms with E-state index in [4.69, 9.17) is 9.05 Å². The van der Waals surface area contributed by atoms with E-state index in [0.717, 1.165) is 5.57 Å². The summed E-state index contributed by atoms with van der Waals surface area (Å²) in [5.74, 6) is 0.151. The molecule has 0 aliphatic heterocycles. The molecular weight excluding hydrogens is 357 g/mol. The summed E-state index contributed by atoms with van der Waals surface area (Å²) in [4.78, 5) is 22.3. The van der Waals surface area contributed by atoms with E-state index in [0.29, 0.717) is 12.0 Å². The summed E-state index contributed by atoms with van der Waals surface area (Å²) in [7, 11) is -3.51. The number of nitro groups is 1. The number of ketones is 1. The molecular formula is C18H20NO6P. The molecule has 7 nitrogen and oxygen atoms in total. The van der Waals surface area contributed by atoms with E-state index in [1.54, 1.807) is 19.1 Å². The van der Waals surface area contributed by atoms with E-state index < -0.39 is 18.6 Å². The van der Waals surface area contributed by atoms with Gasteiger partial charge in [0.2, 0.25) is 0 Å². The van der Waals surface area contributed by atoms with Gasteiger partial charge in [0.05, 0.1) is 11.0 Å². The third kappa shape index (κ3) is 5.00. The number of hydrogen-bond acceptors (Lipinski definition) is 6. The van der Waals surface area contributed by atoms with E-state index in [1.807, 2.05) is 6.08 Å². The fraction of sp³-hybridized carbons (Fsp3) is 0.278. The Labute approximate surface area is 151 Å². The second-order valence-corrected chi connectivity index (χ2v) is 7.80. The van der Waals surface area contributed by atoms with Crippen molar-refractivity contribution in [1.29, 1.82) is 0 Å². The van der Waals surface area contributed by atoms with Gasteiger partial charge >= 0.3 is 7.60 Å². The molecule has 1 aliphatic rings. The van der Waals surface area contributed by atoms with Gasteiger partial charge in [-0.25, -0.2) is 4.57 Å². The summed E-state index contributed by atoms with van der Waals surface area (Å²) in [6.07, 6.45) is 5.18. The molecule has 1 aliphatic carbocycles. The van der Waals surface area contributed by atoms with Crippen LogP contribution in [0.4, 0.5) is 5.69 Å². The van der Waals surface area contributed by atoms with E-state index in [9.17, 15) is 19.5 Å². The Balaban J connectivity index is 2.07. The Morgan fingerprint density at radius 3 is 2.62 bits per heavy atom. The third-order valence-corrected chi connectivity index (χ3v) is 5.08. The molecule has 0 N–H and O–H groups in total. The summed E-state index contributed by atoms with van der Waals surface area (Å²) >= 11 is 0. The van der Waals surface area contributed by atoms with E-state index in [-0.39, 0.29) is 23.6 Å². The van der Waals surface area contributed by atoms with Crippen LogP contribution in [0.2, 0.25) is 0 Å². The minimum Gasteiger partial charge on any atom is -0.425 e. The van der Waals surface area contributed by atoms with E-state index >= 15 is 0 Å². The van der Waals surface area contributed by atoms with Gasteiger partial charge in [-0.2, -0.15) is 0 Å². The van der Waals surface area contributed by atoms with E-state index in [1.165, 1.54) is 30.9 Å². The smallest absolute Gasteiger partial charge is 0.376 e. The normalized spacial score (nSPS) is 19.6. The van der Waals surface area contributed by atoms with Crippen LogP contribution in [0.25, 0.3) is 0 Å². The number of nitrogens with zero attached hydrogens (tertiary/aromatic N) is 1. The molecule has 0 radical (unpaired) electrons. The van der Waals surface area contributed by atoms with Crippen LogP contribution in [-0.4, -0.2) is 23.5 Å². The van der Waals surface area contributed by atoms with Crippen molar-refractivity contribution in [2.45, 2.75) is 25.9 Å². The Morgan fingerprint density at radius 2 is 2.04 bits per heavy atom. The number of nitro benzene ring substituents is 1. The average Bonchev–Trinajstić information content (AvgIpc) is 2.81. The fourth-order valence-corrected chi connectivity index (χ4v) is 3.85. The lowest BCUT2D eigenvalue weighted by Gasteiger charge is -2.20. The van der Waals surface area contributed by atoms with Gasteiger partial charge in [-0.3, -0.25) is 19.4 Å². The molecule has 2 rings (SSSR count). The lowest BCUT2D eigenvalue weighted by molar-refractivity contribution is -0.384. The van der Waals surface area contributed by atoms with Crippen molar-refractivity contribution in [3.63, 3.8) is 0 Å². The number of carbonyl (C=O) groups is 1. The first kappa shape index (κ1) is 19.8. The van der Waals surface area contributed by atoms with Gasteiger partial charge in [0.15, 0.2) is 5.78 Å². The maximum atomic E-state index is 12.6. The summed E-state index contributed by atoms with van der Waals surface area (Å²) in [5.41, 5.74) is 1.28. The highest BCUT2D eigenvalue weighted by Gasteiger charge is 2.34. The van der Waals surface area contributed by atoms with E-state index in [2.05, 4.69) is 6.58 Å². The van der Waals surface area contributed by atoms with Crippen LogP contribution in [-0.2, 0) is 13.9 Å². The Hall–Kier alpha value is -2.50. The summed E-state index contributed by atoms with van der Waals surface area (Å²) in [5, 5.41) is 10.7. The minimum absolute atomic E-state index is 0.0449. The van der Waals surface area contributed by atoms with Crippen LogP contribution in [0.3, 0.4) is 0 Å². The van der Waals surface area contributed by atoms with Gasteiger partial charge < -0.3 is 4.52 Å². The Morgan fingerprint density at radius 1 is 1.38 bits per heavy atom. The largest absolute Gasteiger partial charge is 0.425 e. The minimum atomic E-state index is -3.51. The van der Waals surface area contributed by atoms with Crippen LogP contribution in [0.15, 0.2) is 60.2 Å². The first-order valence-corrected chi connectivity index (χ1v) is 9.93. The second kappa shape index (κ2) is 8.25. The first-order chi connectivity index (χ1) is 12.2. The van der Waals surface area contributed by atoms with Crippen LogP contribution >= 0.6 is 7.60 Å². The summed E-state index contributed by atoms with van der Waals surface area (Å²) < 4.78 is 23.6. The Kier molecular flexibility index (Phi) is 6.29. The first-order valence-electron chi connectivity index (χ1n) is 7.94. The molecule has 0 heterocycles. The van der Waals surface area contributed by atoms with Gasteiger partial charge in [0.1, 0.15) is 5.75 Å². The van der Waals surface area contributed by atoms with Crippen LogP contribution in [0.5, 0.6) is 5.75 Å². The fourth-order valence-electron chi connectivity index (χ4n) is 2.61. The lowest BCUT2D eigenvalue weighted by atomic mass is 10.1. The molecule has 8 heteroatoms. The predicted octanol–water partition coefficient (Wildman–Crippen LogP) is 4.60. The number of carbonyl (C=O) groups excluding carboxylic acids is 1. The van der Waals surface area contributed by atoms with Crippen LogP contribution in [0.1, 0.15) is 19.8 Å². The van der Waals surface area contributed by atoms with Crippen molar-refractivity contribution in [2.24, 2.45) is 0 Å². The van der Waals surface area contributed by atoms with Gasteiger partial charge in [-0.15, -0.1) is 0 Å². The molecule has 26 heavy (non-hydrogen) atoms. The van der Waals surface area contributed by atoms with Gasteiger partial charge in [-0.1, -0.05) is 24.8 Å².